The van der Waals surface area contributed by atoms with Gasteiger partial charge in [0, 0.05) is 24.9 Å². The Hall–Kier alpha value is -2.94. The van der Waals surface area contributed by atoms with Crippen LogP contribution < -0.4 is 5.32 Å². The number of ether oxygens (including phenoxy) is 1. The fourth-order valence-electron chi connectivity index (χ4n) is 2.55. The summed E-state index contributed by atoms with van der Waals surface area (Å²) in [5.41, 5.74) is -0.182. The number of anilines is 1. The van der Waals surface area contributed by atoms with E-state index in [1.54, 1.807) is 25.7 Å². The third-order valence-electron chi connectivity index (χ3n) is 3.82. The van der Waals surface area contributed by atoms with Crippen LogP contribution in [0, 0.1) is 11.2 Å². The van der Waals surface area contributed by atoms with Crippen molar-refractivity contribution in [1.82, 2.24) is 9.80 Å². The van der Waals surface area contributed by atoms with Gasteiger partial charge in [0.05, 0.1) is 24.7 Å². The van der Waals surface area contributed by atoms with Crippen molar-refractivity contribution >= 4 is 23.4 Å². The first kappa shape index (κ1) is 21.4. The number of rotatable bonds is 5. The molecule has 0 saturated carbocycles. The lowest BCUT2D eigenvalue weighted by Gasteiger charge is -2.25. The van der Waals surface area contributed by atoms with Crippen molar-refractivity contribution < 1.29 is 23.8 Å². The second-order valence-corrected chi connectivity index (χ2v) is 7.31. The van der Waals surface area contributed by atoms with Gasteiger partial charge in [0.2, 0.25) is 0 Å². The summed E-state index contributed by atoms with van der Waals surface area (Å²) in [6, 6.07) is 5.26. The SMILES string of the molecule is CC(C)(C)OC(=O)N1CCN(/C(=C/C(=O)Nc2ccc(F)cc2)C(=N)CO)C1. The summed E-state index contributed by atoms with van der Waals surface area (Å²) in [7, 11) is 0. The van der Waals surface area contributed by atoms with Crippen LogP contribution in [0.3, 0.4) is 0 Å². The van der Waals surface area contributed by atoms with Crippen molar-refractivity contribution in [3.8, 4) is 0 Å². The Labute approximate surface area is 163 Å². The zero-order valence-electron chi connectivity index (χ0n) is 16.2. The van der Waals surface area contributed by atoms with Gasteiger partial charge in [-0.3, -0.25) is 9.69 Å². The predicted molar refractivity (Wildman–Crippen MR) is 102 cm³/mol. The van der Waals surface area contributed by atoms with E-state index in [4.69, 9.17) is 10.1 Å². The molecule has 0 radical (unpaired) electrons. The Bertz CT molecular complexity index is 771. The molecular formula is C19H25FN4O4. The largest absolute Gasteiger partial charge is 0.444 e. The number of aliphatic hydroxyl groups excluding tert-OH is 1. The highest BCUT2D eigenvalue weighted by molar-refractivity contribution is 6.07. The lowest BCUT2D eigenvalue weighted by molar-refractivity contribution is -0.112. The molecule has 0 atom stereocenters. The maximum Gasteiger partial charge on any atom is 0.411 e. The predicted octanol–water partition coefficient (Wildman–Crippen LogP) is 2.17. The highest BCUT2D eigenvalue weighted by Gasteiger charge is 2.30. The first-order valence-electron chi connectivity index (χ1n) is 8.79. The van der Waals surface area contributed by atoms with Gasteiger partial charge in [-0.1, -0.05) is 0 Å². The number of nitrogens with one attached hydrogen (secondary N) is 2. The second kappa shape index (κ2) is 8.83. The Morgan fingerprint density at radius 1 is 1.25 bits per heavy atom. The molecular weight excluding hydrogens is 367 g/mol. The van der Waals surface area contributed by atoms with Gasteiger partial charge in [-0.15, -0.1) is 0 Å². The van der Waals surface area contributed by atoms with Crippen LogP contribution in [0.1, 0.15) is 20.8 Å². The van der Waals surface area contributed by atoms with E-state index in [0.717, 1.165) is 0 Å². The maximum atomic E-state index is 13.0. The van der Waals surface area contributed by atoms with Crippen LogP contribution in [0.4, 0.5) is 14.9 Å². The zero-order chi connectivity index (χ0) is 20.9. The van der Waals surface area contributed by atoms with Crippen LogP contribution >= 0.6 is 0 Å². The van der Waals surface area contributed by atoms with Gasteiger partial charge in [-0.25, -0.2) is 9.18 Å². The first-order valence-corrected chi connectivity index (χ1v) is 8.79. The van der Waals surface area contributed by atoms with E-state index in [2.05, 4.69) is 5.32 Å². The minimum Gasteiger partial charge on any atom is -0.444 e. The molecule has 8 nitrogen and oxygen atoms in total. The first-order chi connectivity index (χ1) is 13.1. The fraction of sp³-hybridized carbons (Fsp3) is 0.421. The fourth-order valence-corrected chi connectivity index (χ4v) is 2.55. The van der Waals surface area contributed by atoms with E-state index in [1.807, 2.05) is 0 Å². The highest BCUT2D eigenvalue weighted by atomic mass is 19.1. The summed E-state index contributed by atoms with van der Waals surface area (Å²) in [4.78, 5) is 27.6. The van der Waals surface area contributed by atoms with Crippen LogP contribution in [-0.2, 0) is 9.53 Å². The molecule has 1 heterocycles. The third kappa shape index (κ3) is 6.05. The van der Waals surface area contributed by atoms with E-state index < -0.39 is 30.0 Å². The quantitative estimate of drug-likeness (QED) is 0.526. The molecule has 1 aliphatic rings. The molecule has 2 rings (SSSR count). The van der Waals surface area contributed by atoms with Crippen LogP contribution in [0.15, 0.2) is 36.0 Å². The molecule has 9 heteroatoms. The molecule has 0 aliphatic carbocycles. The van der Waals surface area contributed by atoms with Gasteiger partial charge < -0.3 is 25.5 Å². The lowest BCUT2D eigenvalue weighted by atomic mass is 10.2. The molecule has 152 valence electrons. The number of amides is 2. The Morgan fingerprint density at radius 2 is 1.86 bits per heavy atom. The van der Waals surface area contributed by atoms with Gasteiger partial charge in [-0.2, -0.15) is 0 Å². The molecule has 0 bridgehead atoms. The maximum absolute atomic E-state index is 13.0. The van der Waals surface area contributed by atoms with Crippen LogP contribution in [0.2, 0.25) is 0 Å². The minimum atomic E-state index is -0.629. The van der Waals surface area contributed by atoms with Crippen LogP contribution in [0.5, 0.6) is 0 Å². The number of hydrogen-bond donors (Lipinski definition) is 3. The van der Waals surface area contributed by atoms with Crippen molar-refractivity contribution in [2.45, 2.75) is 26.4 Å². The minimum absolute atomic E-state index is 0.132. The molecule has 1 aromatic carbocycles. The van der Waals surface area contributed by atoms with E-state index in [1.165, 1.54) is 35.2 Å². The molecule has 3 N–H and O–H groups in total. The standard InChI is InChI=1S/C19H25FN4O4/c1-19(2,3)28-18(27)24-9-8-23(12-24)16(15(21)11-25)10-17(26)22-14-6-4-13(20)5-7-14/h4-7,10,21,25H,8-9,11-12H2,1-3H3,(H,22,26)/b16-10+,21-15?. The van der Waals surface area contributed by atoms with Gasteiger partial charge in [0.15, 0.2) is 0 Å². The zero-order valence-corrected chi connectivity index (χ0v) is 16.2. The van der Waals surface area contributed by atoms with Crippen molar-refractivity contribution in [1.29, 1.82) is 5.41 Å². The van der Waals surface area contributed by atoms with E-state index >= 15 is 0 Å². The van der Waals surface area contributed by atoms with E-state index in [9.17, 15) is 19.1 Å². The molecule has 2 amide bonds. The Balaban J connectivity index is 2.10. The number of hydrogen-bond acceptors (Lipinski definition) is 6. The number of carbonyl (C=O) groups excluding carboxylic acids is 2. The van der Waals surface area contributed by atoms with Gasteiger partial charge >= 0.3 is 6.09 Å². The highest BCUT2D eigenvalue weighted by Crippen LogP contribution is 2.18. The van der Waals surface area contributed by atoms with Crippen molar-refractivity contribution in [2.75, 3.05) is 31.7 Å². The summed E-state index contributed by atoms with van der Waals surface area (Å²) < 4.78 is 18.3. The smallest absolute Gasteiger partial charge is 0.411 e. The average molecular weight is 392 g/mol. The number of aliphatic hydroxyl groups is 1. The van der Waals surface area contributed by atoms with Gasteiger partial charge in [-0.05, 0) is 45.0 Å². The number of benzene rings is 1. The van der Waals surface area contributed by atoms with E-state index in [-0.39, 0.29) is 18.1 Å². The normalized spacial score (nSPS) is 14.8. The number of nitrogens with zero attached hydrogens (tertiary/aromatic N) is 2. The average Bonchev–Trinajstić information content (AvgIpc) is 3.09. The molecule has 1 aromatic rings. The van der Waals surface area contributed by atoms with E-state index in [0.29, 0.717) is 18.8 Å². The molecule has 28 heavy (non-hydrogen) atoms. The topological polar surface area (TPSA) is 106 Å². The molecule has 0 spiro atoms. The van der Waals surface area contributed by atoms with Crippen molar-refractivity contribution in [3.05, 3.63) is 41.9 Å². The van der Waals surface area contributed by atoms with Gasteiger partial charge in [0.25, 0.3) is 5.91 Å². The molecule has 0 unspecified atom stereocenters. The second-order valence-electron chi connectivity index (χ2n) is 7.31. The summed E-state index contributed by atoms with van der Waals surface area (Å²) in [5.74, 6) is -0.953. The number of carbonyl (C=O) groups is 2. The Kier molecular flexibility index (Phi) is 6.74. The third-order valence-corrected chi connectivity index (χ3v) is 3.82. The summed E-state index contributed by atoms with van der Waals surface area (Å²) in [5, 5.41) is 19.9. The summed E-state index contributed by atoms with van der Waals surface area (Å²) in [6.45, 7) is 5.63. The molecule has 1 saturated heterocycles. The van der Waals surface area contributed by atoms with Crippen LogP contribution in [-0.4, -0.2) is 64.6 Å². The molecule has 1 aliphatic heterocycles. The van der Waals surface area contributed by atoms with Crippen LogP contribution in [0.25, 0.3) is 0 Å². The summed E-state index contributed by atoms with van der Waals surface area (Å²) >= 11 is 0. The number of halogens is 1. The van der Waals surface area contributed by atoms with Crippen molar-refractivity contribution in [2.24, 2.45) is 0 Å². The molecule has 0 aromatic heterocycles. The Morgan fingerprint density at radius 3 is 2.43 bits per heavy atom. The monoisotopic (exact) mass is 392 g/mol. The lowest BCUT2D eigenvalue weighted by Crippen LogP contribution is -2.37. The van der Waals surface area contributed by atoms with Gasteiger partial charge in [0.1, 0.15) is 11.4 Å². The van der Waals surface area contributed by atoms with Crippen molar-refractivity contribution in [3.63, 3.8) is 0 Å². The summed E-state index contributed by atoms with van der Waals surface area (Å²) in [6.07, 6.45) is 0.696. The molecule has 1 fully saturated rings.